The van der Waals surface area contributed by atoms with Crippen LogP contribution in [0.5, 0.6) is 0 Å². The van der Waals surface area contributed by atoms with Gasteiger partial charge in [0.05, 0.1) is 4.90 Å². The number of sulfonamides is 1. The van der Waals surface area contributed by atoms with Gasteiger partial charge in [0.25, 0.3) is 15.9 Å². The van der Waals surface area contributed by atoms with E-state index in [0.717, 1.165) is 30.3 Å². The van der Waals surface area contributed by atoms with Gasteiger partial charge in [0.15, 0.2) is 11.6 Å². The van der Waals surface area contributed by atoms with Gasteiger partial charge in [0.2, 0.25) is 0 Å². The second-order valence-corrected chi connectivity index (χ2v) is 7.41. The van der Waals surface area contributed by atoms with E-state index in [1.54, 1.807) is 0 Å². The van der Waals surface area contributed by atoms with Crippen molar-refractivity contribution < 1.29 is 26.4 Å². The minimum atomic E-state index is -4.03. The molecule has 1 amide bonds. The van der Waals surface area contributed by atoms with Crippen LogP contribution in [0.4, 0.5) is 24.5 Å². The van der Waals surface area contributed by atoms with Crippen LogP contribution in [0.25, 0.3) is 0 Å². The van der Waals surface area contributed by atoms with E-state index in [9.17, 15) is 26.4 Å². The Labute approximate surface area is 158 Å². The van der Waals surface area contributed by atoms with E-state index >= 15 is 0 Å². The van der Waals surface area contributed by atoms with E-state index < -0.39 is 33.4 Å². The average Bonchev–Trinajstić information content (AvgIpc) is 2.66. The fraction of sp³-hybridized carbons (Fsp3) is 0. The predicted molar refractivity (Wildman–Crippen MR) is 98.0 cm³/mol. The number of carbonyl (C=O) groups is 1. The molecule has 0 aliphatic rings. The first kappa shape index (κ1) is 19.4. The molecule has 0 atom stereocenters. The van der Waals surface area contributed by atoms with Crippen molar-refractivity contribution in [3.05, 3.63) is 89.7 Å². The number of hydrogen-bond acceptors (Lipinski definition) is 3. The second-order valence-electron chi connectivity index (χ2n) is 5.72. The summed E-state index contributed by atoms with van der Waals surface area (Å²) in [5.74, 6) is -3.40. The normalized spacial score (nSPS) is 11.1. The Morgan fingerprint density at radius 3 is 2.14 bits per heavy atom. The van der Waals surface area contributed by atoms with Crippen LogP contribution in [0.15, 0.2) is 71.6 Å². The molecule has 0 radical (unpaired) electrons. The van der Waals surface area contributed by atoms with Crippen LogP contribution in [0.1, 0.15) is 10.4 Å². The van der Waals surface area contributed by atoms with Gasteiger partial charge in [-0.1, -0.05) is 6.07 Å². The fourth-order valence-corrected chi connectivity index (χ4v) is 3.42. The third kappa shape index (κ3) is 4.49. The summed E-state index contributed by atoms with van der Waals surface area (Å²) >= 11 is 0. The van der Waals surface area contributed by atoms with Crippen LogP contribution in [-0.2, 0) is 10.0 Å². The minimum Gasteiger partial charge on any atom is -0.322 e. The standard InChI is InChI=1S/C19H13F3N2O3S/c20-13-4-6-14(7-5-13)24-28(26,27)16-3-1-2-12(10-16)19(25)23-15-8-9-17(21)18(22)11-15/h1-11,24H,(H,23,25). The summed E-state index contributed by atoms with van der Waals surface area (Å²) < 4.78 is 66.4. The highest BCUT2D eigenvalue weighted by atomic mass is 32.2. The topological polar surface area (TPSA) is 75.3 Å². The lowest BCUT2D eigenvalue weighted by atomic mass is 10.2. The van der Waals surface area contributed by atoms with Crippen LogP contribution in [0, 0.1) is 17.5 Å². The Morgan fingerprint density at radius 1 is 0.786 bits per heavy atom. The third-order valence-electron chi connectivity index (χ3n) is 3.68. The highest BCUT2D eigenvalue weighted by molar-refractivity contribution is 7.92. The molecule has 3 rings (SSSR count). The lowest BCUT2D eigenvalue weighted by Crippen LogP contribution is -2.16. The Bertz CT molecular complexity index is 1130. The van der Waals surface area contributed by atoms with Crippen molar-refractivity contribution in [3.8, 4) is 0 Å². The van der Waals surface area contributed by atoms with E-state index in [1.165, 1.54) is 36.4 Å². The number of benzene rings is 3. The van der Waals surface area contributed by atoms with Gasteiger partial charge in [-0.05, 0) is 54.6 Å². The lowest BCUT2D eigenvalue weighted by Gasteiger charge is -2.10. The van der Waals surface area contributed by atoms with Gasteiger partial charge in [0, 0.05) is 23.0 Å². The number of rotatable bonds is 5. The Balaban J connectivity index is 1.81. The van der Waals surface area contributed by atoms with Crippen molar-refractivity contribution >= 4 is 27.3 Å². The van der Waals surface area contributed by atoms with Gasteiger partial charge in [-0.15, -0.1) is 0 Å². The molecule has 0 aliphatic heterocycles. The summed E-state index contributed by atoms with van der Waals surface area (Å²) in [6.45, 7) is 0. The maximum atomic E-state index is 13.2. The molecule has 144 valence electrons. The molecule has 0 fully saturated rings. The first-order chi connectivity index (χ1) is 13.2. The summed E-state index contributed by atoms with van der Waals surface area (Å²) in [6.07, 6.45) is 0. The molecular formula is C19H13F3N2O3S. The van der Waals surface area contributed by atoms with E-state index in [1.807, 2.05) is 0 Å². The average molecular weight is 406 g/mol. The molecule has 3 aromatic carbocycles. The van der Waals surface area contributed by atoms with Gasteiger partial charge >= 0.3 is 0 Å². The molecule has 0 spiro atoms. The molecule has 0 aliphatic carbocycles. The molecule has 0 aromatic heterocycles. The van der Waals surface area contributed by atoms with Crippen LogP contribution < -0.4 is 10.0 Å². The number of amides is 1. The molecule has 0 bridgehead atoms. The molecule has 0 saturated heterocycles. The summed E-state index contributed by atoms with van der Waals surface area (Å²) in [7, 11) is -4.03. The van der Waals surface area contributed by atoms with Gasteiger partial charge < -0.3 is 5.32 Å². The first-order valence-corrected chi connectivity index (χ1v) is 9.38. The van der Waals surface area contributed by atoms with E-state index in [2.05, 4.69) is 10.0 Å². The number of hydrogen-bond donors (Lipinski definition) is 2. The van der Waals surface area contributed by atoms with Crippen molar-refractivity contribution in [3.63, 3.8) is 0 Å². The minimum absolute atomic E-state index is 0.00767. The lowest BCUT2D eigenvalue weighted by molar-refractivity contribution is 0.102. The monoisotopic (exact) mass is 406 g/mol. The van der Waals surface area contributed by atoms with Crippen molar-refractivity contribution in [1.82, 2.24) is 0 Å². The smallest absolute Gasteiger partial charge is 0.261 e. The largest absolute Gasteiger partial charge is 0.322 e. The van der Waals surface area contributed by atoms with Crippen molar-refractivity contribution in [1.29, 1.82) is 0 Å². The molecule has 2 N–H and O–H groups in total. The summed E-state index contributed by atoms with van der Waals surface area (Å²) in [4.78, 5) is 12.1. The third-order valence-corrected chi connectivity index (χ3v) is 5.06. The number of anilines is 2. The zero-order chi connectivity index (χ0) is 20.3. The predicted octanol–water partition coefficient (Wildman–Crippen LogP) is 4.16. The summed E-state index contributed by atoms with van der Waals surface area (Å²) in [6, 6.07) is 12.7. The first-order valence-electron chi connectivity index (χ1n) is 7.89. The van der Waals surface area contributed by atoms with Crippen LogP contribution in [0.3, 0.4) is 0 Å². The maximum Gasteiger partial charge on any atom is 0.261 e. The fourth-order valence-electron chi connectivity index (χ4n) is 2.31. The molecule has 0 saturated carbocycles. The van der Waals surface area contributed by atoms with Crippen LogP contribution in [-0.4, -0.2) is 14.3 Å². The molecule has 0 unspecified atom stereocenters. The second kappa shape index (κ2) is 7.73. The highest BCUT2D eigenvalue weighted by Gasteiger charge is 2.17. The Hall–Kier alpha value is -3.33. The van der Waals surface area contributed by atoms with Crippen LogP contribution in [0.2, 0.25) is 0 Å². The highest BCUT2D eigenvalue weighted by Crippen LogP contribution is 2.19. The number of nitrogens with one attached hydrogen (secondary N) is 2. The van der Waals surface area contributed by atoms with E-state index in [0.29, 0.717) is 0 Å². The van der Waals surface area contributed by atoms with E-state index in [-0.39, 0.29) is 21.8 Å². The molecular weight excluding hydrogens is 393 g/mol. The molecule has 28 heavy (non-hydrogen) atoms. The number of carbonyl (C=O) groups excluding carboxylic acids is 1. The van der Waals surface area contributed by atoms with E-state index in [4.69, 9.17) is 0 Å². The Kier molecular flexibility index (Phi) is 5.36. The Morgan fingerprint density at radius 2 is 1.46 bits per heavy atom. The zero-order valence-corrected chi connectivity index (χ0v) is 14.9. The SMILES string of the molecule is O=C(Nc1ccc(F)c(F)c1)c1cccc(S(=O)(=O)Nc2ccc(F)cc2)c1. The van der Waals surface area contributed by atoms with Gasteiger partial charge in [-0.2, -0.15) is 0 Å². The maximum absolute atomic E-state index is 13.2. The molecule has 5 nitrogen and oxygen atoms in total. The summed E-state index contributed by atoms with van der Waals surface area (Å²) in [5, 5.41) is 2.36. The molecule has 0 heterocycles. The molecule has 3 aromatic rings. The summed E-state index contributed by atoms with van der Waals surface area (Å²) in [5.41, 5.74) is 0.159. The van der Waals surface area contributed by atoms with Gasteiger partial charge in [-0.3, -0.25) is 9.52 Å². The van der Waals surface area contributed by atoms with Gasteiger partial charge in [-0.25, -0.2) is 21.6 Å². The molecule has 9 heteroatoms. The quantitative estimate of drug-likeness (QED) is 0.668. The zero-order valence-electron chi connectivity index (χ0n) is 14.1. The van der Waals surface area contributed by atoms with Crippen molar-refractivity contribution in [2.24, 2.45) is 0 Å². The van der Waals surface area contributed by atoms with Gasteiger partial charge in [0.1, 0.15) is 5.82 Å². The van der Waals surface area contributed by atoms with Crippen LogP contribution >= 0.6 is 0 Å². The van der Waals surface area contributed by atoms with Crippen molar-refractivity contribution in [2.45, 2.75) is 4.90 Å². The van der Waals surface area contributed by atoms with Crippen molar-refractivity contribution in [2.75, 3.05) is 10.0 Å². The number of halogens is 3.